The number of nitrogens with one attached hydrogen (secondary N) is 1. The fourth-order valence-corrected chi connectivity index (χ4v) is 5.01. The van der Waals surface area contributed by atoms with Gasteiger partial charge in [-0.05, 0) is 48.0 Å². The van der Waals surface area contributed by atoms with Crippen molar-refractivity contribution in [2.45, 2.75) is 65.0 Å². The zero-order valence-electron chi connectivity index (χ0n) is 21.2. The molecule has 0 aliphatic carbocycles. The van der Waals surface area contributed by atoms with Gasteiger partial charge < -0.3 is 9.88 Å². The van der Waals surface area contributed by atoms with Gasteiger partial charge in [-0.2, -0.15) is 0 Å². The second-order valence-electron chi connectivity index (χ2n) is 10.2. The van der Waals surface area contributed by atoms with Crippen molar-refractivity contribution in [3.63, 3.8) is 0 Å². The minimum absolute atomic E-state index is 0.0168. The van der Waals surface area contributed by atoms with Crippen LogP contribution >= 0.6 is 0 Å². The second kappa shape index (κ2) is 10.1. The first-order valence-corrected chi connectivity index (χ1v) is 12.6. The fourth-order valence-electron chi connectivity index (χ4n) is 5.01. The summed E-state index contributed by atoms with van der Waals surface area (Å²) in [4.78, 5) is 26.5. The van der Waals surface area contributed by atoms with Crippen molar-refractivity contribution < 1.29 is 4.79 Å². The molecule has 5 nitrogen and oxygen atoms in total. The smallest absolute Gasteiger partial charge is 0.245 e. The minimum atomic E-state index is -0.267. The Bertz CT molecular complexity index is 1080. The van der Waals surface area contributed by atoms with E-state index in [1.54, 1.807) is 0 Å². The summed E-state index contributed by atoms with van der Waals surface area (Å²) in [5.41, 5.74) is 4.61. The first-order chi connectivity index (χ1) is 16.3. The summed E-state index contributed by atoms with van der Waals surface area (Å²) in [6.45, 7) is 13.3. The Morgan fingerprint density at radius 1 is 1.09 bits per heavy atom. The molecule has 1 aliphatic heterocycles. The van der Waals surface area contributed by atoms with Crippen molar-refractivity contribution in [1.29, 1.82) is 0 Å². The number of nitrogens with zero attached hydrogens (tertiary/aromatic N) is 3. The molecule has 1 N–H and O–H groups in total. The Labute approximate surface area is 204 Å². The SMILES string of the molecule is CCN(CC)C(C(=O)N1CCCC1c1ncc(-c2ccc(C(C)(C)C)cc2)[nH]1)c1ccccc1. The molecule has 1 amide bonds. The van der Waals surface area contributed by atoms with Crippen LogP contribution in [0.2, 0.25) is 0 Å². The fraction of sp³-hybridized carbons (Fsp3) is 0.448. The van der Waals surface area contributed by atoms with E-state index in [-0.39, 0.29) is 23.4 Å². The van der Waals surface area contributed by atoms with Crippen LogP contribution in [0.25, 0.3) is 11.3 Å². The molecule has 0 radical (unpaired) electrons. The van der Waals surface area contributed by atoms with Crippen molar-refractivity contribution in [3.05, 3.63) is 77.7 Å². The van der Waals surface area contributed by atoms with Crippen molar-refractivity contribution in [3.8, 4) is 11.3 Å². The Morgan fingerprint density at radius 2 is 1.76 bits per heavy atom. The predicted octanol–water partition coefficient (Wildman–Crippen LogP) is 6.12. The average molecular weight is 459 g/mol. The van der Waals surface area contributed by atoms with Crippen LogP contribution in [-0.4, -0.2) is 45.3 Å². The Balaban J connectivity index is 1.58. The van der Waals surface area contributed by atoms with Gasteiger partial charge in [0.2, 0.25) is 5.91 Å². The van der Waals surface area contributed by atoms with Crippen molar-refractivity contribution in [2.75, 3.05) is 19.6 Å². The van der Waals surface area contributed by atoms with Gasteiger partial charge in [-0.15, -0.1) is 0 Å². The summed E-state index contributed by atoms with van der Waals surface area (Å²) in [7, 11) is 0. The molecule has 5 heteroatoms. The number of aromatic nitrogens is 2. The first kappa shape index (κ1) is 24.2. The summed E-state index contributed by atoms with van der Waals surface area (Å²) in [5.74, 6) is 1.05. The third-order valence-electron chi connectivity index (χ3n) is 7.04. The average Bonchev–Trinajstić information content (AvgIpc) is 3.52. The summed E-state index contributed by atoms with van der Waals surface area (Å²) < 4.78 is 0. The largest absolute Gasteiger partial charge is 0.340 e. The Hall–Kier alpha value is -2.92. The Morgan fingerprint density at radius 3 is 2.38 bits per heavy atom. The monoisotopic (exact) mass is 458 g/mol. The Kier molecular flexibility index (Phi) is 7.22. The molecule has 3 aromatic rings. The van der Waals surface area contributed by atoms with Crippen LogP contribution < -0.4 is 0 Å². The van der Waals surface area contributed by atoms with E-state index < -0.39 is 0 Å². The van der Waals surface area contributed by atoms with E-state index in [9.17, 15) is 4.79 Å². The number of benzene rings is 2. The van der Waals surface area contributed by atoms with Gasteiger partial charge >= 0.3 is 0 Å². The molecule has 2 unspecified atom stereocenters. The number of rotatable bonds is 7. The lowest BCUT2D eigenvalue weighted by Gasteiger charge is -2.34. The van der Waals surface area contributed by atoms with Crippen molar-refractivity contribution >= 4 is 5.91 Å². The number of hydrogen-bond donors (Lipinski definition) is 1. The second-order valence-corrected chi connectivity index (χ2v) is 10.2. The molecule has 1 saturated heterocycles. The van der Waals surface area contributed by atoms with Crippen LogP contribution in [0.4, 0.5) is 0 Å². The molecule has 34 heavy (non-hydrogen) atoms. The third-order valence-corrected chi connectivity index (χ3v) is 7.04. The van der Waals surface area contributed by atoms with Gasteiger partial charge in [-0.1, -0.05) is 89.2 Å². The maximum Gasteiger partial charge on any atom is 0.245 e. The van der Waals surface area contributed by atoms with Gasteiger partial charge in [0.15, 0.2) is 0 Å². The maximum atomic E-state index is 13.9. The van der Waals surface area contributed by atoms with E-state index in [1.807, 2.05) is 29.3 Å². The van der Waals surface area contributed by atoms with E-state index in [1.165, 1.54) is 5.56 Å². The molecule has 1 aliphatic rings. The normalized spacial score (nSPS) is 17.4. The molecule has 1 aromatic heterocycles. The lowest BCUT2D eigenvalue weighted by atomic mass is 9.86. The van der Waals surface area contributed by atoms with Crippen LogP contribution in [0.5, 0.6) is 0 Å². The number of aromatic amines is 1. The summed E-state index contributed by atoms with van der Waals surface area (Å²) in [6, 6.07) is 18.6. The first-order valence-electron chi connectivity index (χ1n) is 12.6. The van der Waals surface area contributed by atoms with E-state index in [0.29, 0.717) is 0 Å². The number of likely N-dealkylation sites (tertiary alicyclic amines) is 1. The van der Waals surface area contributed by atoms with E-state index in [2.05, 4.69) is 80.9 Å². The highest BCUT2D eigenvalue weighted by molar-refractivity contribution is 5.84. The van der Waals surface area contributed by atoms with Crippen molar-refractivity contribution in [2.24, 2.45) is 0 Å². The van der Waals surface area contributed by atoms with Gasteiger partial charge in [0.25, 0.3) is 0 Å². The van der Waals surface area contributed by atoms with Gasteiger partial charge in [0.05, 0.1) is 17.9 Å². The summed E-state index contributed by atoms with van der Waals surface area (Å²) >= 11 is 0. The molecule has 2 atom stereocenters. The number of carbonyl (C=O) groups is 1. The van der Waals surface area contributed by atoms with E-state index in [0.717, 1.165) is 55.1 Å². The van der Waals surface area contributed by atoms with E-state index in [4.69, 9.17) is 4.98 Å². The molecule has 2 aromatic carbocycles. The number of hydrogen-bond acceptors (Lipinski definition) is 3. The summed E-state index contributed by atoms with van der Waals surface area (Å²) in [6.07, 6.45) is 3.83. The standard InChI is InChI=1S/C29H38N4O/c1-6-32(7-2)26(22-12-9-8-10-13-22)28(34)33-19-11-14-25(33)27-30-20-24(31-27)21-15-17-23(18-16-21)29(3,4)5/h8-10,12-13,15-18,20,25-26H,6-7,11,14,19H2,1-5H3,(H,30,31). The molecular formula is C29H38N4O. The highest BCUT2D eigenvalue weighted by atomic mass is 16.2. The quantitative estimate of drug-likeness (QED) is 0.464. The minimum Gasteiger partial charge on any atom is -0.340 e. The summed E-state index contributed by atoms with van der Waals surface area (Å²) in [5, 5.41) is 0. The predicted molar refractivity (Wildman–Crippen MR) is 139 cm³/mol. The van der Waals surface area contributed by atoms with E-state index >= 15 is 0 Å². The maximum absolute atomic E-state index is 13.9. The molecule has 4 rings (SSSR count). The lowest BCUT2D eigenvalue weighted by Crippen LogP contribution is -2.43. The number of likely N-dealkylation sites (N-methyl/N-ethyl adjacent to an activating group) is 1. The zero-order chi connectivity index (χ0) is 24.3. The van der Waals surface area contributed by atoms with Gasteiger partial charge in [0.1, 0.15) is 11.9 Å². The molecule has 1 fully saturated rings. The number of amides is 1. The molecular weight excluding hydrogens is 420 g/mol. The number of H-pyrrole nitrogens is 1. The highest BCUT2D eigenvalue weighted by Crippen LogP contribution is 2.35. The number of carbonyl (C=O) groups excluding carboxylic acids is 1. The van der Waals surface area contributed by atoms with Crippen LogP contribution in [0.15, 0.2) is 60.8 Å². The molecule has 0 bridgehead atoms. The van der Waals surface area contributed by atoms with Crippen LogP contribution in [0.1, 0.15) is 76.5 Å². The van der Waals surface area contributed by atoms with Crippen molar-refractivity contribution in [1.82, 2.24) is 19.8 Å². The van der Waals surface area contributed by atoms with Crippen LogP contribution in [-0.2, 0) is 10.2 Å². The van der Waals surface area contributed by atoms with Gasteiger partial charge in [-0.25, -0.2) is 4.98 Å². The molecule has 0 saturated carbocycles. The van der Waals surface area contributed by atoms with Gasteiger partial charge in [0, 0.05) is 6.54 Å². The van der Waals surface area contributed by atoms with Crippen LogP contribution in [0, 0.1) is 0 Å². The highest BCUT2D eigenvalue weighted by Gasteiger charge is 2.37. The van der Waals surface area contributed by atoms with Crippen LogP contribution in [0.3, 0.4) is 0 Å². The third kappa shape index (κ3) is 4.95. The number of imidazole rings is 1. The molecule has 180 valence electrons. The van der Waals surface area contributed by atoms with Gasteiger partial charge in [-0.3, -0.25) is 9.69 Å². The zero-order valence-corrected chi connectivity index (χ0v) is 21.2. The lowest BCUT2D eigenvalue weighted by molar-refractivity contribution is -0.138. The molecule has 2 heterocycles. The molecule has 0 spiro atoms. The topological polar surface area (TPSA) is 52.2 Å².